The lowest BCUT2D eigenvalue weighted by Crippen LogP contribution is -2.30. The summed E-state index contributed by atoms with van der Waals surface area (Å²) in [5.74, 6) is -0.730. The predicted molar refractivity (Wildman–Crippen MR) is 88.1 cm³/mol. The minimum Gasteiger partial charge on any atom is -0.278 e. The Morgan fingerprint density at radius 2 is 2.00 bits per heavy atom. The number of hydrogen-bond donors (Lipinski definition) is 0. The van der Waals surface area contributed by atoms with Crippen LogP contribution in [0.2, 0.25) is 10.0 Å². The molecule has 1 atom stereocenters. The third-order valence-electron chi connectivity index (χ3n) is 3.90. The average Bonchev–Trinajstić information content (AvgIpc) is 2.80. The quantitative estimate of drug-likeness (QED) is 0.794. The van der Waals surface area contributed by atoms with E-state index in [0.29, 0.717) is 16.5 Å². The molecule has 6 heteroatoms. The first-order chi connectivity index (χ1) is 11.1. The van der Waals surface area contributed by atoms with Crippen LogP contribution in [0.3, 0.4) is 0 Å². The van der Waals surface area contributed by atoms with Crippen LogP contribution in [0.4, 0.5) is 0 Å². The third kappa shape index (κ3) is 3.38. The normalized spacial score (nSPS) is 17.8. The van der Waals surface area contributed by atoms with E-state index in [4.69, 9.17) is 23.2 Å². The molecule has 1 unspecified atom stereocenters. The van der Waals surface area contributed by atoms with Crippen LogP contribution in [0.1, 0.15) is 17.5 Å². The van der Waals surface area contributed by atoms with Crippen molar-refractivity contribution in [1.29, 1.82) is 0 Å². The minimum atomic E-state index is -0.393. The summed E-state index contributed by atoms with van der Waals surface area (Å²) in [4.78, 5) is 30.0. The lowest BCUT2D eigenvalue weighted by atomic mass is 9.98. The number of imide groups is 1. The maximum absolute atomic E-state index is 12.5. The Morgan fingerprint density at radius 1 is 1.17 bits per heavy atom. The van der Waals surface area contributed by atoms with Crippen LogP contribution >= 0.6 is 23.2 Å². The summed E-state index contributed by atoms with van der Waals surface area (Å²) in [5.41, 5.74) is 1.61. The van der Waals surface area contributed by atoms with Crippen molar-refractivity contribution in [2.45, 2.75) is 19.4 Å². The summed E-state index contributed by atoms with van der Waals surface area (Å²) in [6.45, 7) is 0.255. The number of halogens is 2. The Bertz CT molecular complexity index is 750. The molecule has 0 radical (unpaired) electrons. The molecule has 2 heterocycles. The molecule has 0 N–H and O–H groups in total. The minimum absolute atomic E-state index is 0.165. The van der Waals surface area contributed by atoms with E-state index >= 15 is 0 Å². The number of rotatable bonds is 4. The molecule has 2 amide bonds. The monoisotopic (exact) mass is 348 g/mol. The van der Waals surface area contributed by atoms with Gasteiger partial charge >= 0.3 is 0 Å². The molecule has 1 fully saturated rings. The molecule has 1 aliphatic rings. The molecular weight excluding hydrogens is 335 g/mol. The van der Waals surface area contributed by atoms with Crippen molar-refractivity contribution in [3.8, 4) is 0 Å². The van der Waals surface area contributed by atoms with Crippen molar-refractivity contribution in [3.05, 3.63) is 63.9 Å². The van der Waals surface area contributed by atoms with Crippen LogP contribution in [-0.4, -0.2) is 21.7 Å². The fourth-order valence-electron chi connectivity index (χ4n) is 2.72. The first-order valence-corrected chi connectivity index (χ1v) is 7.98. The zero-order valence-corrected chi connectivity index (χ0v) is 13.7. The van der Waals surface area contributed by atoms with Crippen LogP contribution in [0.25, 0.3) is 0 Å². The largest absolute Gasteiger partial charge is 0.278 e. The van der Waals surface area contributed by atoms with Crippen molar-refractivity contribution in [1.82, 2.24) is 9.88 Å². The van der Waals surface area contributed by atoms with E-state index in [-0.39, 0.29) is 24.8 Å². The Labute approximate surface area is 144 Å². The highest BCUT2D eigenvalue weighted by Gasteiger charge is 2.38. The summed E-state index contributed by atoms with van der Waals surface area (Å²) < 4.78 is 0. The molecule has 118 valence electrons. The number of pyridine rings is 1. The molecule has 0 spiro atoms. The Morgan fingerprint density at radius 3 is 2.74 bits per heavy atom. The Kier molecular flexibility index (Phi) is 4.64. The average molecular weight is 349 g/mol. The molecule has 1 aliphatic heterocycles. The van der Waals surface area contributed by atoms with Gasteiger partial charge in [0.25, 0.3) is 0 Å². The van der Waals surface area contributed by atoms with Crippen molar-refractivity contribution >= 4 is 35.0 Å². The summed E-state index contributed by atoms with van der Waals surface area (Å²) in [7, 11) is 0. The van der Waals surface area contributed by atoms with Gasteiger partial charge in [0.1, 0.15) is 0 Å². The van der Waals surface area contributed by atoms with Crippen molar-refractivity contribution in [3.63, 3.8) is 0 Å². The smallest absolute Gasteiger partial charge is 0.233 e. The highest BCUT2D eigenvalue weighted by molar-refractivity contribution is 6.42. The molecule has 0 aliphatic carbocycles. The lowest BCUT2D eigenvalue weighted by molar-refractivity contribution is -0.140. The Balaban J connectivity index is 1.75. The van der Waals surface area contributed by atoms with Gasteiger partial charge in [-0.15, -0.1) is 0 Å². The number of amides is 2. The fourth-order valence-corrected chi connectivity index (χ4v) is 3.12. The second-order valence-electron chi connectivity index (χ2n) is 5.50. The van der Waals surface area contributed by atoms with Gasteiger partial charge in [-0.2, -0.15) is 0 Å². The SMILES string of the molecule is O=C1CC(Cc2cccc(Cl)c2Cl)C(=O)N1Cc1cccnc1. The van der Waals surface area contributed by atoms with Gasteiger partial charge < -0.3 is 0 Å². The van der Waals surface area contributed by atoms with E-state index in [1.807, 2.05) is 12.1 Å². The second-order valence-corrected chi connectivity index (χ2v) is 6.28. The molecule has 23 heavy (non-hydrogen) atoms. The maximum Gasteiger partial charge on any atom is 0.233 e. The van der Waals surface area contributed by atoms with Crippen molar-refractivity contribution < 1.29 is 9.59 Å². The number of aromatic nitrogens is 1. The van der Waals surface area contributed by atoms with E-state index in [9.17, 15) is 9.59 Å². The molecule has 1 aromatic heterocycles. The molecule has 3 rings (SSSR count). The van der Waals surface area contributed by atoms with Crippen LogP contribution in [0, 0.1) is 5.92 Å². The highest BCUT2D eigenvalue weighted by Crippen LogP contribution is 2.31. The summed E-state index contributed by atoms with van der Waals surface area (Å²) in [5, 5.41) is 0.897. The first-order valence-electron chi connectivity index (χ1n) is 7.22. The van der Waals surface area contributed by atoms with Crippen LogP contribution in [0.5, 0.6) is 0 Å². The number of likely N-dealkylation sites (tertiary alicyclic amines) is 1. The molecule has 2 aromatic rings. The molecular formula is C17H14Cl2N2O2. The second kappa shape index (κ2) is 6.69. The molecule has 4 nitrogen and oxygen atoms in total. The van der Waals surface area contributed by atoms with E-state index < -0.39 is 5.92 Å². The Hall–Kier alpha value is -1.91. The summed E-state index contributed by atoms with van der Waals surface area (Å²) in [6.07, 6.45) is 3.91. The van der Waals surface area contributed by atoms with Crippen molar-refractivity contribution in [2.24, 2.45) is 5.92 Å². The predicted octanol–water partition coefficient (Wildman–Crippen LogP) is 3.51. The zero-order chi connectivity index (χ0) is 16.4. The standard InChI is InChI=1S/C17H14Cl2N2O2/c18-14-5-1-4-12(16(14)19)7-13-8-15(22)21(17(13)23)10-11-3-2-6-20-9-11/h1-6,9,13H,7-8,10H2. The summed E-state index contributed by atoms with van der Waals surface area (Å²) >= 11 is 12.2. The first kappa shape index (κ1) is 16.0. The van der Waals surface area contributed by atoms with Gasteiger partial charge in [0, 0.05) is 18.8 Å². The number of hydrogen-bond acceptors (Lipinski definition) is 3. The topological polar surface area (TPSA) is 50.3 Å². The molecule has 0 bridgehead atoms. The maximum atomic E-state index is 12.5. The highest BCUT2D eigenvalue weighted by atomic mass is 35.5. The number of carbonyl (C=O) groups excluding carboxylic acids is 2. The number of nitrogens with zero attached hydrogens (tertiary/aromatic N) is 2. The fraction of sp³-hybridized carbons (Fsp3) is 0.235. The third-order valence-corrected chi connectivity index (χ3v) is 4.76. The van der Waals surface area contributed by atoms with Crippen LogP contribution in [0.15, 0.2) is 42.7 Å². The van der Waals surface area contributed by atoms with Gasteiger partial charge in [0.05, 0.1) is 22.5 Å². The van der Waals surface area contributed by atoms with Gasteiger partial charge in [0.15, 0.2) is 0 Å². The zero-order valence-electron chi connectivity index (χ0n) is 12.2. The van der Waals surface area contributed by atoms with Gasteiger partial charge in [-0.05, 0) is 29.7 Å². The van der Waals surface area contributed by atoms with Crippen molar-refractivity contribution in [2.75, 3.05) is 0 Å². The number of benzene rings is 1. The van der Waals surface area contributed by atoms with E-state index in [0.717, 1.165) is 11.1 Å². The molecule has 0 saturated carbocycles. The lowest BCUT2D eigenvalue weighted by Gasteiger charge is -2.15. The van der Waals surface area contributed by atoms with Gasteiger partial charge in [-0.3, -0.25) is 19.5 Å². The van der Waals surface area contributed by atoms with Crippen LogP contribution in [-0.2, 0) is 22.6 Å². The molecule has 1 aromatic carbocycles. The summed E-state index contributed by atoms with van der Waals surface area (Å²) in [6, 6.07) is 8.94. The van der Waals surface area contributed by atoms with E-state index in [1.54, 1.807) is 30.6 Å². The van der Waals surface area contributed by atoms with Crippen LogP contribution < -0.4 is 0 Å². The van der Waals surface area contributed by atoms with Gasteiger partial charge in [-0.1, -0.05) is 41.4 Å². The van der Waals surface area contributed by atoms with Gasteiger partial charge in [0.2, 0.25) is 11.8 Å². The van der Waals surface area contributed by atoms with E-state index in [2.05, 4.69) is 4.98 Å². The van der Waals surface area contributed by atoms with Gasteiger partial charge in [-0.25, -0.2) is 0 Å². The molecule has 1 saturated heterocycles. The number of carbonyl (C=O) groups is 2. The van der Waals surface area contributed by atoms with E-state index in [1.165, 1.54) is 4.90 Å².